The van der Waals surface area contributed by atoms with E-state index >= 15 is 0 Å². The van der Waals surface area contributed by atoms with E-state index < -0.39 is 35.8 Å². The van der Waals surface area contributed by atoms with Crippen LogP contribution in [-0.4, -0.2) is 40.7 Å². The molecule has 1 aromatic rings. The smallest absolute Gasteiger partial charge is 0.330 e. The highest BCUT2D eigenvalue weighted by Gasteiger charge is 2.39. The van der Waals surface area contributed by atoms with Crippen molar-refractivity contribution >= 4 is 23.7 Å². The molecule has 0 unspecified atom stereocenters. The number of ether oxygens (including phenoxy) is 1. The number of nitrogens with zero attached hydrogens (tertiary/aromatic N) is 1. The van der Waals surface area contributed by atoms with Gasteiger partial charge in [-0.1, -0.05) is 30.3 Å². The monoisotopic (exact) mass is 344 g/mol. The number of likely N-dealkylation sites (tertiary alicyclic amines) is 1. The standard InChI is InChI=1S/C18H20N2O5/c1-11(20-14(21)9-10-15(20)22)18(24)25-16(12-5-3-2-4-6-12)17(23)19-13-7-8-13/h2-6,11,13,16H,7-10H2,1H3,(H,19,23)/t11-,16+/m0/s1. The SMILES string of the molecule is C[C@@H](C(=O)O[C@@H](C(=O)NC1CC1)c1ccccc1)N1C(=O)CCC1=O. The molecule has 0 bridgehead atoms. The summed E-state index contributed by atoms with van der Waals surface area (Å²) in [7, 11) is 0. The Bertz CT molecular complexity index is 683. The van der Waals surface area contributed by atoms with Gasteiger partial charge in [-0.2, -0.15) is 0 Å². The van der Waals surface area contributed by atoms with Crippen LogP contribution >= 0.6 is 0 Å². The normalized spacial score (nSPS) is 19.5. The first kappa shape index (κ1) is 17.1. The van der Waals surface area contributed by atoms with E-state index in [9.17, 15) is 19.2 Å². The van der Waals surface area contributed by atoms with E-state index in [1.165, 1.54) is 6.92 Å². The van der Waals surface area contributed by atoms with E-state index in [0.717, 1.165) is 17.7 Å². The van der Waals surface area contributed by atoms with E-state index in [-0.39, 0.29) is 18.9 Å². The number of benzene rings is 1. The minimum atomic E-state index is -1.11. The Morgan fingerprint density at radius 2 is 1.72 bits per heavy atom. The van der Waals surface area contributed by atoms with Gasteiger partial charge < -0.3 is 10.1 Å². The highest BCUT2D eigenvalue weighted by atomic mass is 16.5. The van der Waals surface area contributed by atoms with Gasteiger partial charge in [-0.15, -0.1) is 0 Å². The second-order valence-electron chi connectivity index (χ2n) is 6.34. The van der Waals surface area contributed by atoms with Crippen LogP contribution < -0.4 is 5.32 Å². The summed E-state index contributed by atoms with van der Waals surface area (Å²) in [5.41, 5.74) is 0.542. The molecule has 2 aliphatic rings. The zero-order valence-electron chi connectivity index (χ0n) is 13.9. The number of rotatable bonds is 6. The number of carbonyl (C=O) groups excluding carboxylic acids is 4. The molecule has 3 rings (SSSR count). The van der Waals surface area contributed by atoms with Gasteiger partial charge in [-0.25, -0.2) is 4.79 Å². The predicted molar refractivity (Wildman–Crippen MR) is 87.0 cm³/mol. The van der Waals surface area contributed by atoms with Gasteiger partial charge in [-0.3, -0.25) is 19.3 Å². The summed E-state index contributed by atoms with van der Waals surface area (Å²) >= 11 is 0. The number of hydrogen-bond donors (Lipinski definition) is 1. The molecule has 0 radical (unpaired) electrons. The molecule has 0 aromatic heterocycles. The average Bonchev–Trinajstić information content (AvgIpc) is 3.35. The van der Waals surface area contributed by atoms with Crippen molar-refractivity contribution in [3.05, 3.63) is 35.9 Å². The third-order valence-electron chi connectivity index (χ3n) is 4.32. The van der Waals surface area contributed by atoms with Gasteiger partial charge in [0.1, 0.15) is 6.04 Å². The predicted octanol–water partition coefficient (Wildman–Crippen LogP) is 1.09. The molecule has 1 aromatic carbocycles. The van der Waals surface area contributed by atoms with E-state index in [0.29, 0.717) is 5.56 Å². The molecular weight excluding hydrogens is 324 g/mol. The fourth-order valence-electron chi connectivity index (χ4n) is 2.75. The Morgan fingerprint density at radius 3 is 2.28 bits per heavy atom. The maximum atomic E-state index is 12.5. The molecule has 1 saturated carbocycles. The summed E-state index contributed by atoms with van der Waals surface area (Å²) in [5.74, 6) is -1.96. The van der Waals surface area contributed by atoms with Crippen LogP contribution in [0.5, 0.6) is 0 Å². The lowest BCUT2D eigenvalue weighted by Crippen LogP contribution is -2.44. The van der Waals surface area contributed by atoms with Crippen LogP contribution in [0.25, 0.3) is 0 Å². The van der Waals surface area contributed by atoms with Crippen LogP contribution in [-0.2, 0) is 23.9 Å². The summed E-state index contributed by atoms with van der Waals surface area (Å²) < 4.78 is 5.40. The number of esters is 1. The Labute approximate surface area is 145 Å². The summed E-state index contributed by atoms with van der Waals surface area (Å²) in [6.45, 7) is 1.43. The van der Waals surface area contributed by atoms with Crippen LogP contribution in [0.2, 0.25) is 0 Å². The molecule has 7 heteroatoms. The fraction of sp³-hybridized carbons (Fsp3) is 0.444. The number of nitrogens with one attached hydrogen (secondary N) is 1. The highest BCUT2D eigenvalue weighted by Crippen LogP contribution is 2.24. The molecule has 1 aliphatic heterocycles. The minimum absolute atomic E-state index is 0.0979. The quantitative estimate of drug-likeness (QED) is 0.616. The largest absolute Gasteiger partial charge is 0.446 e. The lowest BCUT2D eigenvalue weighted by atomic mass is 10.1. The lowest BCUT2D eigenvalue weighted by molar-refractivity contribution is -0.164. The second-order valence-corrected chi connectivity index (χ2v) is 6.34. The number of imide groups is 1. The van der Waals surface area contributed by atoms with Crippen molar-refractivity contribution in [3.8, 4) is 0 Å². The molecule has 0 spiro atoms. The zero-order chi connectivity index (χ0) is 18.0. The molecule has 2 fully saturated rings. The van der Waals surface area contributed by atoms with Crippen LogP contribution in [0.1, 0.15) is 44.3 Å². The van der Waals surface area contributed by atoms with Crippen LogP contribution in [0, 0.1) is 0 Å². The first-order chi connectivity index (χ1) is 12.0. The Kier molecular flexibility index (Phi) is 4.83. The van der Waals surface area contributed by atoms with Gasteiger partial charge >= 0.3 is 5.97 Å². The van der Waals surface area contributed by atoms with Gasteiger partial charge in [0.05, 0.1) is 0 Å². The summed E-state index contributed by atoms with van der Waals surface area (Å²) in [5, 5.41) is 2.82. The van der Waals surface area contributed by atoms with Crippen LogP contribution in [0.15, 0.2) is 30.3 Å². The maximum Gasteiger partial charge on any atom is 0.330 e. The van der Waals surface area contributed by atoms with Gasteiger partial charge in [0.2, 0.25) is 17.9 Å². The van der Waals surface area contributed by atoms with E-state index in [1.54, 1.807) is 30.3 Å². The molecule has 7 nitrogen and oxygen atoms in total. The zero-order valence-corrected chi connectivity index (χ0v) is 13.9. The average molecular weight is 344 g/mol. The first-order valence-electron chi connectivity index (χ1n) is 8.38. The first-order valence-corrected chi connectivity index (χ1v) is 8.38. The fourth-order valence-corrected chi connectivity index (χ4v) is 2.75. The number of amides is 3. The third kappa shape index (κ3) is 3.87. The molecule has 1 saturated heterocycles. The summed E-state index contributed by atoms with van der Waals surface area (Å²) in [6.07, 6.45) is 0.911. The molecule has 25 heavy (non-hydrogen) atoms. The van der Waals surface area contributed by atoms with Gasteiger partial charge in [0, 0.05) is 24.4 Å². The van der Waals surface area contributed by atoms with Crippen molar-refractivity contribution in [2.75, 3.05) is 0 Å². The molecule has 1 N–H and O–H groups in total. The van der Waals surface area contributed by atoms with E-state index in [1.807, 2.05) is 0 Å². The Balaban J connectivity index is 1.74. The lowest BCUT2D eigenvalue weighted by Gasteiger charge is -2.24. The highest BCUT2D eigenvalue weighted by molar-refractivity contribution is 6.05. The molecule has 132 valence electrons. The van der Waals surface area contributed by atoms with Crippen molar-refractivity contribution in [2.45, 2.75) is 50.8 Å². The Hall–Kier alpha value is -2.70. The minimum Gasteiger partial charge on any atom is -0.446 e. The second kappa shape index (κ2) is 7.04. The summed E-state index contributed by atoms with van der Waals surface area (Å²) in [6, 6.07) is 7.75. The van der Waals surface area contributed by atoms with Crippen molar-refractivity contribution < 1.29 is 23.9 Å². The molecular formula is C18H20N2O5. The molecule has 1 aliphatic carbocycles. The van der Waals surface area contributed by atoms with Crippen molar-refractivity contribution in [1.82, 2.24) is 10.2 Å². The number of carbonyl (C=O) groups is 4. The van der Waals surface area contributed by atoms with Gasteiger partial charge in [0.25, 0.3) is 5.91 Å². The van der Waals surface area contributed by atoms with Gasteiger partial charge in [0.15, 0.2) is 0 Å². The maximum absolute atomic E-state index is 12.5. The van der Waals surface area contributed by atoms with Gasteiger partial charge in [-0.05, 0) is 19.8 Å². The van der Waals surface area contributed by atoms with E-state index in [2.05, 4.69) is 5.32 Å². The topological polar surface area (TPSA) is 92.8 Å². The van der Waals surface area contributed by atoms with Crippen molar-refractivity contribution in [3.63, 3.8) is 0 Å². The van der Waals surface area contributed by atoms with Crippen LogP contribution in [0.4, 0.5) is 0 Å². The number of hydrogen-bond acceptors (Lipinski definition) is 5. The summed E-state index contributed by atoms with van der Waals surface area (Å²) in [4.78, 5) is 49.4. The van der Waals surface area contributed by atoms with Crippen molar-refractivity contribution in [2.24, 2.45) is 0 Å². The van der Waals surface area contributed by atoms with Crippen LogP contribution in [0.3, 0.4) is 0 Å². The molecule has 2 atom stereocenters. The Morgan fingerprint density at radius 1 is 1.12 bits per heavy atom. The van der Waals surface area contributed by atoms with E-state index in [4.69, 9.17) is 4.74 Å². The molecule has 1 heterocycles. The third-order valence-corrected chi connectivity index (χ3v) is 4.32. The molecule has 3 amide bonds. The van der Waals surface area contributed by atoms with Crippen molar-refractivity contribution in [1.29, 1.82) is 0 Å².